The van der Waals surface area contributed by atoms with Gasteiger partial charge in [-0.25, -0.2) is 9.97 Å². The van der Waals surface area contributed by atoms with Crippen molar-refractivity contribution in [2.24, 2.45) is 0 Å². The molecule has 0 radical (unpaired) electrons. The van der Waals surface area contributed by atoms with Crippen molar-refractivity contribution in [3.8, 4) is 28.3 Å². The van der Waals surface area contributed by atoms with E-state index in [0.29, 0.717) is 5.95 Å². The van der Waals surface area contributed by atoms with Crippen LogP contribution in [0.25, 0.3) is 62.3 Å². The van der Waals surface area contributed by atoms with E-state index in [1.54, 1.807) is 6.08 Å². The van der Waals surface area contributed by atoms with Crippen LogP contribution in [0.3, 0.4) is 0 Å². The third-order valence-corrected chi connectivity index (χ3v) is 10.8. The first-order chi connectivity index (χ1) is 28.7. The number of para-hydroxylation sites is 4. The van der Waals surface area contributed by atoms with Crippen LogP contribution in [-0.4, -0.2) is 20.6 Å². The van der Waals surface area contributed by atoms with E-state index in [4.69, 9.17) is 9.97 Å². The Kier molecular flexibility index (Phi) is 10.1. The Bertz CT molecular complexity index is 2880. The van der Waals surface area contributed by atoms with Crippen molar-refractivity contribution in [2.75, 3.05) is 4.90 Å². The first kappa shape index (κ1) is 36.1. The molecule has 0 N–H and O–H groups in total. The van der Waals surface area contributed by atoms with Gasteiger partial charge in [-0.05, 0) is 53.1 Å². The van der Waals surface area contributed by atoms with Crippen LogP contribution >= 0.6 is 0 Å². The molecule has 0 bridgehead atoms. The zero-order chi connectivity index (χ0) is 39.3. The molecule has 2 aromatic heterocycles. The van der Waals surface area contributed by atoms with Crippen LogP contribution < -0.4 is 4.90 Å². The molecule has 1 aliphatic heterocycles. The van der Waals surface area contributed by atoms with Crippen LogP contribution in [0.5, 0.6) is 0 Å². The monoisotopic (exact) mass is 746 g/mol. The Labute approximate surface area is 340 Å². The Balaban J connectivity index is 1.15. The van der Waals surface area contributed by atoms with Crippen LogP contribution in [-0.2, 0) is 0 Å². The number of nitrogens with zero attached hydrogens (tertiary/aromatic N) is 4. The number of hydrogen-bond acceptors (Lipinski definition) is 3. The Morgan fingerprint density at radius 3 is 1.98 bits per heavy atom. The molecule has 3 heterocycles. The lowest BCUT2D eigenvalue weighted by atomic mass is 9.94. The lowest BCUT2D eigenvalue weighted by Crippen LogP contribution is -2.27. The van der Waals surface area contributed by atoms with E-state index in [1.165, 1.54) is 16.8 Å². The molecular weight excluding hydrogens is 705 g/mol. The SMILES string of the molecule is C=C/C=C\C=C\c1c(/C=C/C=C/C2c3ccccc3N(c3ccccc3)C2C=C)c2ccccc2n1-c1nc(-c2ccc(-c3ccccc3)cc2)c2ccccc2n1. The second-order valence-corrected chi connectivity index (χ2v) is 14.2. The molecule has 0 aliphatic carbocycles. The average Bonchev–Trinajstić information content (AvgIpc) is 3.78. The molecule has 1 aliphatic rings. The summed E-state index contributed by atoms with van der Waals surface area (Å²) < 4.78 is 2.18. The number of rotatable bonds is 11. The van der Waals surface area contributed by atoms with Gasteiger partial charge in [-0.3, -0.25) is 4.57 Å². The molecule has 8 aromatic rings. The first-order valence-corrected chi connectivity index (χ1v) is 19.7. The smallest absolute Gasteiger partial charge is 0.235 e. The molecule has 2 atom stereocenters. The van der Waals surface area contributed by atoms with Crippen molar-refractivity contribution in [2.45, 2.75) is 12.0 Å². The van der Waals surface area contributed by atoms with E-state index >= 15 is 0 Å². The second-order valence-electron chi connectivity index (χ2n) is 14.2. The molecule has 9 rings (SSSR count). The van der Waals surface area contributed by atoms with Gasteiger partial charge in [0, 0.05) is 39.2 Å². The maximum atomic E-state index is 5.36. The van der Waals surface area contributed by atoms with Gasteiger partial charge in [0.05, 0.1) is 28.5 Å². The summed E-state index contributed by atoms with van der Waals surface area (Å²) in [6, 6.07) is 55.2. The highest BCUT2D eigenvalue weighted by Crippen LogP contribution is 2.46. The maximum Gasteiger partial charge on any atom is 0.235 e. The molecule has 4 nitrogen and oxygen atoms in total. The van der Waals surface area contributed by atoms with Crippen LogP contribution in [0.1, 0.15) is 22.7 Å². The maximum absolute atomic E-state index is 5.36. The van der Waals surface area contributed by atoms with E-state index in [-0.39, 0.29) is 12.0 Å². The van der Waals surface area contributed by atoms with Crippen LogP contribution in [0.15, 0.2) is 219 Å². The quantitative estimate of drug-likeness (QED) is 0.0976. The minimum atomic E-state index is 0.0790. The molecule has 58 heavy (non-hydrogen) atoms. The molecule has 0 amide bonds. The van der Waals surface area contributed by atoms with E-state index in [0.717, 1.165) is 55.6 Å². The number of hydrogen-bond donors (Lipinski definition) is 0. The Morgan fingerprint density at radius 2 is 1.19 bits per heavy atom. The highest BCUT2D eigenvalue weighted by atomic mass is 15.2. The van der Waals surface area contributed by atoms with E-state index in [9.17, 15) is 0 Å². The fourth-order valence-electron chi connectivity index (χ4n) is 8.16. The van der Waals surface area contributed by atoms with Crippen molar-refractivity contribution in [3.05, 3.63) is 236 Å². The van der Waals surface area contributed by atoms with Crippen LogP contribution in [0.4, 0.5) is 11.4 Å². The summed E-state index contributed by atoms with van der Waals surface area (Å²) in [5, 5.41) is 2.11. The highest BCUT2D eigenvalue weighted by Gasteiger charge is 2.35. The Hall–Kier alpha value is -7.56. The molecule has 0 saturated heterocycles. The summed E-state index contributed by atoms with van der Waals surface area (Å²) in [5.74, 6) is 0.742. The summed E-state index contributed by atoms with van der Waals surface area (Å²) in [6.45, 7) is 8.15. The fraction of sp³-hybridized carbons (Fsp3) is 0.0370. The molecule has 6 aromatic carbocycles. The summed E-state index contributed by atoms with van der Waals surface area (Å²) in [4.78, 5) is 13.0. The zero-order valence-electron chi connectivity index (χ0n) is 32.1. The van der Waals surface area contributed by atoms with E-state index in [2.05, 4.69) is 205 Å². The molecule has 0 saturated carbocycles. The summed E-state index contributed by atoms with van der Waals surface area (Å²) >= 11 is 0. The Morgan fingerprint density at radius 1 is 0.534 bits per heavy atom. The number of allylic oxidation sites excluding steroid dienone is 6. The lowest BCUT2D eigenvalue weighted by Gasteiger charge is -2.27. The van der Waals surface area contributed by atoms with Gasteiger partial charge >= 0.3 is 0 Å². The highest BCUT2D eigenvalue weighted by molar-refractivity contribution is 5.97. The third-order valence-electron chi connectivity index (χ3n) is 10.8. The first-order valence-electron chi connectivity index (χ1n) is 19.7. The molecule has 278 valence electrons. The molecule has 4 heteroatoms. The van der Waals surface area contributed by atoms with Crippen molar-refractivity contribution in [1.29, 1.82) is 0 Å². The average molecular weight is 747 g/mol. The molecule has 0 spiro atoms. The van der Waals surface area contributed by atoms with Gasteiger partial charge in [0.2, 0.25) is 5.95 Å². The van der Waals surface area contributed by atoms with Gasteiger partial charge in [-0.2, -0.15) is 0 Å². The predicted octanol–water partition coefficient (Wildman–Crippen LogP) is 13.7. The molecule has 0 fully saturated rings. The fourth-order valence-corrected chi connectivity index (χ4v) is 8.16. The van der Waals surface area contributed by atoms with Gasteiger partial charge in [-0.15, -0.1) is 6.58 Å². The van der Waals surface area contributed by atoms with Gasteiger partial charge in [0.1, 0.15) is 0 Å². The standard InChI is InChI=1S/C54H42N4/c1-3-5-6-13-32-51-45(27-15-14-26-43-44-28-17-20-33-50(44)57(49(43)4-2)42-24-11-8-12-25-42)46-29-18-21-34-52(46)58(51)54-55-48-31-19-16-30-47(48)53(56-54)41-37-35-40(36-38-41)39-22-9-7-10-23-39/h3-38,43,49H,1-2H2/b6-5-,26-14+,27-15+,32-13+. The predicted molar refractivity (Wildman–Crippen MR) is 246 cm³/mol. The van der Waals surface area contributed by atoms with Crippen molar-refractivity contribution in [3.63, 3.8) is 0 Å². The van der Waals surface area contributed by atoms with Crippen LogP contribution in [0.2, 0.25) is 0 Å². The van der Waals surface area contributed by atoms with E-state index < -0.39 is 0 Å². The normalized spacial score (nSPS) is 15.4. The third kappa shape index (κ3) is 6.82. The summed E-state index contributed by atoms with van der Waals surface area (Å²) in [6.07, 6.45) is 20.8. The largest absolute Gasteiger partial charge is 0.333 e. The van der Waals surface area contributed by atoms with Crippen LogP contribution in [0, 0.1) is 0 Å². The van der Waals surface area contributed by atoms with Gasteiger partial charge in [0.25, 0.3) is 0 Å². The second kappa shape index (κ2) is 16.3. The number of aromatic nitrogens is 3. The molecular formula is C54H42N4. The molecule has 2 unspecified atom stereocenters. The lowest BCUT2D eigenvalue weighted by molar-refractivity contribution is 0.754. The zero-order valence-corrected chi connectivity index (χ0v) is 32.1. The number of benzene rings is 6. The van der Waals surface area contributed by atoms with Crippen molar-refractivity contribution < 1.29 is 0 Å². The van der Waals surface area contributed by atoms with Gasteiger partial charge in [-0.1, -0.05) is 189 Å². The number of anilines is 2. The van der Waals surface area contributed by atoms with Crippen molar-refractivity contribution in [1.82, 2.24) is 14.5 Å². The number of fused-ring (bicyclic) bond motifs is 3. The summed E-state index contributed by atoms with van der Waals surface area (Å²) in [5.41, 5.74) is 11.9. The van der Waals surface area contributed by atoms with Crippen molar-refractivity contribution >= 4 is 45.3 Å². The minimum absolute atomic E-state index is 0.0790. The van der Waals surface area contributed by atoms with Gasteiger partial charge in [0.15, 0.2) is 0 Å². The van der Waals surface area contributed by atoms with Gasteiger partial charge < -0.3 is 4.90 Å². The van der Waals surface area contributed by atoms with E-state index in [1.807, 2.05) is 30.4 Å². The minimum Gasteiger partial charge on any atom is -0.333 e. The summed E-state index contributed by atoms with van der Waals surface area (Å²) in [7, 11) is 0. The topological polar surface area (TPSA) is 34.0 Å².